The standard InChI is InChI=1S/C23H23ClF3N3O3/c1-14-6-8-16(9-7-14)12-30-21(24)20(15(2)29-30)22(32)28-11-18(31)13-33-19-5-3-4-17(10-19)23(25,26)27/h3-10,18,31H,11-13H2,1-2H3,(H,28,32). The van der Waals surface area contributed by atoms with Crippen LogP contribution in [0.2, 0.25) is 5.15 Å². The number of carbonyl (C=O) groups is 1. The molecule has 3 rings (SSSR count). The third-order valence-corrected chi connectivity index (χ3v) is 5.23. The summed E-state index contributed by atoms with van der Waals surface area (Å²) < 4.78 is 45.1. The predicted octanol–water partition coefficient (Wildman–Crippen LogP) is 4.39. The minimum absolute atomic E-state index is 0.0357. The van der Waals surface area contributed by atoms with Crippen molar-refractivity contribution in [3.63, 3.8) is 0 Å². The number of ether oxygens (including phenoxy) is 1. The van der Waals surface area contributed by atoms with Crippen LogP contribution in [0.1, 0.15) is 32.7 Å². The van der Waals surface area contributed by atoms with Crippen LogP contribution in [0.3, 0.4) is 0 Å². The van der Waals surface area contributed by atoms with E-state index >= 15 is 0 Å². The second kappa shape index (κ2) is 10.3. The minimum atomic E-state index is -4.49. The molecule has 0 aliphatic carbocycles. The number of aryl methyl sites for hydroxylation is 2. The molecule has 1 amide bonds. The molecule has 0 saturated carbocycles. The van der Waals surface area contributed by atoms with Crippen molar-refractivity contribution in [3.8, 4) is 5.75 Å². The third-order valence-electron chi connectivity index (χ3n) is 4.85. The Labute approximate surface area is 193 Å². The summed E-state index contributed by atoms with van der Waals surface area (Å²) in [5.41, 5.74) is 1.86. The number of nitrogens with one attached hydrogen (secondary N) is 1. The Morgan fingerprint density at radius 1 is 1.21 bits per heavy atom. The Morgan fingerprint density at radius 3 is 2.58 bits per heavy atom. The number of aliphatic hydroxyl groups excluding tert-OH is 1. The summed E-state index contributed by atoms with van der Waals surface area (Å²) in [5, 5.41) is 17.1. The number of hydrogen-bond donors (Lipinski definition) is 2. The zero-order valence-electron chi connectivity index (χ0n) is 18.0. The van der Waals surface area contributed by atoms with Gasteiger partial charge < -0.3 is 15.2 Å². The van der Waals surface area contributed by atoms with Gasteiger partial charge in [0.05, 0.1) is 23.4 Å². The molecule has 0 saturated heterocycles. The van der Waals surface area contributed by atoms with E-state index < -0.39 is 23.8 Å². The summed E-state index contributed by atoms with van der Waals surface area (Å²) >= 11 is 6.37. The van der Waals surface area contributed by atoms with E-state index in [0.717, 1.165) is 23.3 Å². The molecule has 0 aliphatic heterocycles. The molecule has 6 nitrogen and oxygen atoms in total. The van der Waals surface area contributed by atoms with Crippen LogP contribution < -0.4 is 10.1 Å². The number of hydrogen-bond acceptors (Lipinski definition) is 4. The monoisotopic (exact) mass is 481 g/mol. The van der Waals surface area contributed by atoms with Crippen LogP contribution in [-0.2, 0) is 12.7 Å². The SMILES string of the molecule is Cc1ccc(Cn2nc(C)c(C(=O)NCC(O)COc3cccc(C(F)(F)F)c3)c2Cl)cc1. The van der Waals surface area contributed by atoms with Gasteiger partial charge in [0.1, 0.15) is 23.6 Å². The highest BCUT2D eigenvalue weighted by molar-refractivity contribution is 6.33. The number of benzene rings is 2. The molecule has 0 aliphatic rings. The Hall–Kier alpha value is -3.04. The maximum Gasteiger partial charge on any atom is 0.416 e. The highest BCUT2D eigenvalue weighted by Crippen LogP contribution is 2.31. The second-order valence-corrected chi connectivity index (χ2v) is 7.95. The van der Waals surface area contributed by atoms with E-state index in [0.29, 0.717) is 12.2 Å². The van der Waals surface area contributed by atoms with Crippen molar-refractivity contribution in [1.29, 1.82) is 0 Å². The summed E-state index contributed by atoms with van der Waals surface area (Å²) in [7, 11) is 0. The maximum atomic E-state index is 12.8. The van der Waals surface area contributed by atoms with Crippen molar-refractivity contribution in [3.05, 3.63) is 81.6 Å². The van der Waals surface area contributed by atoms with Gasteiger partial charge in [0.25, 0.3) is 5.91 Å². The number of rotatable bonds is 8. The molecule has 1 heterocycles. The van der Waals surface area contributed by atoms with Gasteiger partial charge in [0.2, 0.25) is 0 Å². The third kappa shape index (κ3) is 6.49. The maximum absolute atomic E-state index is 12.8. The fraction of sp³-hybridized carbons (Fsp3) is 0.304. The van der Waals surface area contributed by atoms with Gasteiger partial charge in [-0.1, -0.05) is 47.5 Å². The first kappa shape index (κ1) is 24.6. The van der Waals surface area contributed by atoms with Crippen molar-refractivity contribution >= 4 is 17.5 Å². The molecule has 0 radical (unpaired) electrons. The molecule has 0 fully saturated rings. The lowest BCUT2D eigenvalue weighted by molar-refractivity contribution is -0.137. The summed E-state index contributed by atoms with van der Waals surface area (Å²) in [6.45, 7) is 3.54. The summed E-state index contributed by atoms with van der Waals surface area (Å²) in [5.74, 6) is -0.558. The van der Waals surface area contributed by atoms with E-state index in [1.165, 1.54) is 16.8 Å². The summed E-state index contributed by atoms with van der Waals surface area (Å²) in [6, 6.07) is 12.2. The van der Waals surface area contributed by atoms with Crippen LogP contribution in [-0.4, -0.2) is 40.0 Å². The van der Waals surface area contributed by atoms with Gasteiger partial charge in [-0.2, -0.15) is 18.3 Å². The normalized spacial score (nSPS) is 12.5. The average molecular weight is 482 g/mol. The first-order valence-electron chi connectivity index (χ1n) is 10.1. The lowest BCUT2D eigenvalue weighted by Crippen LogP contribution is -2.35. The van der Waals surface area contributed by atoms with Crippen LogP contribution in [0.25, 0.3) is 0 Å². The smallest absolute Gasteiger partial charge is 0.416 e. The molecule has 1 aromatic heterocycles. The largest absolute Gasteiger partial charge is 0.491 e. The molecule has 2 N–H and O–H groups in total. The first-order valence-corrected chi connectivity index (χ1v) is 10.5. The van der Waals surface area contributed by atoms with Crippen LogP contribution >= 0.6 is 11.6 Å². The Bertz CT molecular complexity index is 1110. The number of alkyl halides is 3. The lowest BCUT2D eigenvalue weighted by Gasteiger charge is -2.14. The van der Waals surface area contributed by atoms with E-state index in [9.17, 15) is 23.1 Å². The molecule has 10 heteroatoms. The van der Waals surface area contributed by atoms with E-state index in [4.69, 9.17) is 16.3 Å². The average Bonchev–Trinajstić information content (AvgIpc) is 3.04. The van der Waals surface area contributed by atoms with Crippen LogP contribution in [0.15, 0.2) is 48.5 Å². The molecule has 3 aromatic rings. The van der Waals surface area contributed by atoms with Gasteiger partial charge in [-0.25, -0.2) is 4.68 Å². The van der Waals surface area contributed by atoms with E-state index in [1.807, 2.05) is 31.2 Å². The number of nitrogens with zero attached hydrogens (tertiary/aromatic N) is 2. The van der Waals surface area contributed by atoms with E-state index in [1.54, 1.807) is 6.92 Å². The van der Waals surface area contributed by atoms with Gasteiger partial charge >= 0.3 is 6.18 Å². The van der Waals surface area contributed by atoms with Crippen LogP contribution in [0, 0.1) is 13.8 Å². The quantitative estimate of drug-likeness (QED) is 0.500. The van der Waals surface area contributed by atoms with Crippen LogP contribution in [0.5, 0.6) is 5.75 Å². The fourth-order valence-electron chi connectivity index (χ4n) is 3.09. The van der Waals surface area contributed by atoms with Gasteiger partial charge in [0, 0.05) is 6.54 Å². The molecular weight excluding hydrogens is 459 g/mol. The lowest BCUT2D eigenvalue weighted by atomic mass is 10.1. The number of carbonyl (C=O) groups excluding carboxylic acids is 1. The van der Waals surface area contributed by atoms with Gasteiger partial charge in [-0.3, -0.25) is 4.79 Å². The predicted molar refractivity (Wildman–Crippen MR) is 118 cm³/mol. The Balaban J connectivity index is 1.56. The topological polar surface area (TPSA) is 76.4 Å². The molecule has 33 heavy (non-hydrogen) atoms. The summed E-state index contributed by atoms with van der Waals surface area (Å²) in [6.07, 6.45) is -5.64. The van der Waals surface area contributed by atoms with E-state index in [2.05, 4.69) is 10.4 Å². The second-order valence-electron chi connectivity index (χ2n) is 7.59. The van der Waals surface area contributed by atoms with Crippen molar-refractivity contribution in [2.45, 2.75) is 32.7 Å². The van der Waals surface area contributed by atoms with Crippen molar-refractivity contribution in [1.82, 2.24) is 15.1 Å². The molecule has 1 atom stereocenters. The van der Waals surface area contributed by atoms with Gasteiger partial charge in [-0.15, -0.1) is 0 Å². The molecular formula is C23H23ClF3N3O3. The molecule has 1 unspecified atom stereocenters. The highest BCUT2D eigenvalue weighted by Gasteiger charge is 2.30. The van der Waals surface area contributed by atoms with E-state index in [-0.39, 0.29) is 29.6 Å². The Morgan fingerprint density at radius 2 is 1.91 bits per heavy atom. The van der Waals surface area contributed by atoms with Crippen LogP contribution in [0.4, 0.5) is 13.2 Å². The molecule has 2 aromatic carbocycles. The summed E-state index contributed by atoms with van der Waals surface area (Å²) in [4.78, 5) is 12.6. The minimum Gasteiger partial charge on any atom is -0.491 e. The molecule has 0 bridgehead atoms. The van der Waals surface area contributed by atoms with Crippen molar-refractivity contribution in [2.75, 3.05) is 13.2 Å². The molecule has 176 valence electrons. The zero-order chi connectivity index (χ0) is 24.2. The van der Waals surface area contributed by atoms with Gasteiger partial charge in [-0.05, 0) is 37.6 Å². The number of aromatic nitrogens is 2. The zero-order valence-corrected chi connectivity index (χ0v) is 18.7. The number of aliphatic hydroxyl groups is 1. The van der Waals surface area contributed by atoms with Crippen molar-refractivity contribution < 1.29 is 27.8 Å². The first-order chi connectivity index (χ1) is 15.5. The Kier molecular flexibility index (Phi) is 7.65. The fourth-order valence-corrected chi connectivity index (χ4v) is 3.42. The number of amides is 1. The molecule has 0 spiro atoms. The number of halogens is 4. The highest BCUT2D eigenvalue weighted by atomic mass is 35.5. The van der Waals surface area contributed by atoms with Crippen molar-refractivity contribution in [2.24, 2.45) is 0 Å². The van der Waals surface area contributed by atoms with Gasteiger partial charge in [0.15, 0.2) is 0 Å².